The number of halogens is 1. The second-order valence-corrected chi connectivity index (χ2v) is 11.1. The molecule has 0 bridgehead atoms. The Bertz CT molecular complexity index is 1770. The Kier molecular flexibility index (Phi) is 7.53. The quantitative estimate of drug-likeness (QED) is 0.331. The topological polar surface area (TPSA) is 147 Å². The molecule has 0 atom stereocenters. The number of benzene rings is 2. The Morgan fingerprint density at radius 3 is 2.77 bits per heavy atom. The van der Waals surface area contributed by atoms with E-state index in [0.717, 1.165) is 42.4 Å². The predicted molar refractivity (Wildman–Crippen MR) is 146 cm³/mol. The molecule has 0 aliphatic carbocycles. The van der Waals surface area contributed by atoms with Crippen LogP contribution in [-0.4, -0.2) is 58.7 Å². The maximum Gasteiger partial charge on any atom is 0.301 e. The van der Waals surface area contributed by atoms with Crippen LogP contribution < -0.4 is 20.3 Å². The van der Waals surface area contributed by atoms with E-state index < -0.39 is 21.8 Å². The molecule has 0 amide bonds. The molecule has 1 saturated heterocycles. The lowest BCUT2D eigenvalue weighted by molar-refractivity contribution is 0.343. The number of hydrogen-bond acceptors (Lipinski definition) is 8. The molecule has 3 heterocycles. The molecule has 4 aromatic rings. The lowest BCUT2D eigenvalue weighted by Crippen LogP contribution is -2.32. The van der Waals surface area contributed by atoms with Crippen molar-refractivity contribution in [2.24, 2.45) is 0 Å². The third kappa shape index (κ3) is 5.26. The molecule has 2 N–H and O–H groups in total. The van der Waals surface area contributed by atoms with Crippen LogP contribution in [0.25, 0.3) is 16.6 Å². The fourth-order valence-corrected chi connectivity index (χ4v) is 5.37. The van der Waals surface area contributed by atoms with Gasteiger partial charge in [0.15, 0.2) is 11.6 Å². The SMILES string of the molecule is CCN(C)S(=O)(=O)Nc1ccc(F)c(Oc2ccc3ncn(-c4cnn(C5CCNCC5)c4)c(=O)c3c2)c1C#N. The second-order valence-electron chi connectivity index (χ2n) is 9.29. The molecule has 0 spiro atoms. The van der Waals surface area contributed by atoms with Crippen molar-refractivity contribution in [2.75, 3.05) is 31.4 Å². The first kappa shape index (κ1) is 27.3. The van der Waals surface area contributed by atoms with Gasteiger partial charge in [-0.15, -0.1) is 0 Å². The Labute approximate surface area is 229 Å². The fraction of sp³-hybridized carbons (Fsp3) is 0.308. The Morgan fingerprint density at radius 2 is 2.05 bits per heavy atom. The molecule has 40 heavy (non-hydrogen) atoms. The van der Waals surface area contributed by atoms with Gasteiger partial charge in [-0.05, 0) is 56.3 Å². The minimum atomic E-state index is -3.98. The highest BCUT2D eigenvalue weighted by atomic mass is 32.2. The lowest BCUT2D eigenvalue weighted by atomic mass is 10.1. The number of piperidine rings is 1. The van der Waals surface area contributed by atoms with E-state index in [1.165, 1.54) is 30.1 Å². The van der Waals surface area contributed by atoms with Crippen LogP contribution in [0.4, 0.5) is 10.1 Å². The zero-order chi connectivity index (χ0) is 28.4. The molecule has 208 valence electrons. The van der Waals surface area contributed by atoms with Gasteiger partial charge in [0.25, 0.3) is 5.56 Å². The van der Waals surface area contributed by atoms with E-state index in [1.54, 1.807) is 19.2 Å². The Hall–Kier alpha value is -4.32. The van der Waals surface area contributed by atoms with Crippen molar-refractivity contribution in [1.29, 1.82) is 5.26 Å². The number of anilines is 1. The zero-order valence-corrected chi connectivity index (χ0v) is 22.7. The van der Waals surface area contributed by atoms with Gasteiger partial charge < -0.3 is 10.1 Å². The van der Waals surface area contributed by atoms with Gasteiger partial charge in [0, 0.05) is 19.8 Å². The van der Waals surface area contributed by atoms with Crippen molar-refractivity contribution in [3.8, 4) is 23.3 Å². The highest BCUT2D eigenvalue weighted by Gasteiger charge is 2.23. The number of aromatic nitrogens is 4. The minimum Gasteiger partial charge on any atom is -0.453 e. The monoisotopic (exact) mass is 566 g/mol. The summed E-state index contributed by atoms with van der Waals surface area (Å²) >= 11 is 0. The van der Waals surface area contributed by atoms with Crippen molar-refractivity contribution in [3.63, 3.8) is 0 Å². The number of nitrogens with zero attached hydrogens (tertiary/aromatic N) is 6. The molecule has 2 aromatic heterocycles. The molecule has 0 unspecified atom stereocenters. The summed E-state index contributed by atoms with van der Waals surface area (Å²) < 4.78 is 52.1. The largest absolute Gasteiger partial charge is 0.453 e. The van der Waals surface area contributed by atoms with E-state index in [9.17, 15) is 22.9 Å². The van der Waals surface area contributed by atoms with E-state index in [-0.39, 0.29) is 40.5 Å². The molecule has 14 heteroatoms. The molecule has 0 radical (unpaired) electrons. The van der Waals surface area contributed by atoms with Gasteiger partial charge in [0.2, 0.25) is 0 Å². The van der Waals surface area contributed by atoms with Crippen LogP contribution in [0.3, 0.4) is 0 Å². The molecule has 1 aliphatic heterocycles. The second kappa shape index (κ2) is 11.0. The summed E-state index contributed by atoms with van der Waals surface area (Å²) in [4.78, 5) is 17.8. The van der Waals surface area contributed by atoms with E-state index in [1.807, 2.05) is 16.9 Å². The third-order valence-corrected chi connectivity index (χ3v) is 8.37. The highest BCUT2D eigenvalue weighted by molar-refractivity contribution is 7.90. The molecular formula is C26H27FN8O4S. The third-order valence-electron chi connectivity index (χ3n) is 6.81. The van der Waals surface area contributed by atoms with Gasteiger partial charge in [-0.1, -0.05) is 6.92 Å². The molecule has 2 aromatic carbocycles. The van der Waals surface area contributed by atoms with Crippen LogP contribution in [0, 0.1) is 17.1 Å². The zero-order valence-electron chi connectivity index (χ0n) is 21.8. The molecule has 12 nitrogen and oxygen atoms in total. The van der Waals surface area contributed by atoms with Crippen molar-refractivity contribution in [2.45, 2.75) is 25.8 Å². The van der Waals surface area contributed by atoms with Gasteiger partial charge in [-0.25, -0.2) is 9.37 Å². The fourth-order valence-electron chi connectivity index (χ4n) is 4.43. The first-order chi connectivity index (χ1) is 19.2. The summed E-state index contributed by atoms with van der Waals surface area (Å²) in [6, 6.07) is 8.63. The summed E-state index contributed by atoms with van der Waals surface area (Å²) in [6.07, 6.45) is 6.71. The van der Waals surface area contributed by atoms with Gasteiger partial charge in [0.1, 0.15) is 23.7 Å². The lowest BCUT2D eigenvalue weighted by Gasteiger charge is -2.22. The van der Waals surface area contributed by atoms with Crippen molar-refractivity contribution in [1.82, 2.24) is 29.0 Å². The first-order valence-corrected chi connectivity index (χ1v) is 14.1. The van der Waals surface area contributed by atoms with Crippen LogP contribution in [0.15, 0.2) is 53.8 Å². The average Bonchev–Trinajstić information content (AvgIpc) is 3.45. The minimum absolute atomic E-state index is 0.0654. The van der Waals surface area contributed by atoms with E-state index >= 15 is 0 Å². The average molecular weight is 567 g/mol. The van der Waals surface area contributed by atoms with E-state index in [2.05, 4.69) is 20.1 Å². The number of nitriles is 1. The number of hydrogen-bond donors (Lipinski definition) is 2. The van der Waals surface area contributed by atoms with Crippen LogP contribution in [0.2, 0.25) is 0 Å². The molecule has 5 rings (SSSR count). The number of rotatable bonds is 8. The standard InChI is InChI=1S/C26H27FN8O4S/c1-3-33(2)40(37,38)32-24-7-5-22(27)25(21(24)13-28)39-19-4-6-23-20(12-19)26(36)34(16-30-23)18-14-31-35(15-18)17-8-10-29-11-9-17/h4-7,12,14-17,29,32H,3,8-11H2,1-2H3. The van der Waals surface area contributed by atoms with Gasteiger partial charge >= 0.3 is 10.2 Å². The van der Waals surface area contributed by atoms with Crippen LogP contribution in [0.1, 0.15) is 31.4 Å². The maximum absolute atomic E-state index is 14.8. The first-order valence-electron chi connectivity index (χ1n) is 12.6. The summed E-state index contributed by atoms with van der Waals surface area (Å²) in [5.41, 5.74) is 0.0748. The maximum atomic E-state index is 14.8. The van der Waals surface area contributed by atoms with Gasteiger partial charge in [-0.2, -0.15) is 23.1 Å². The van der Waals surface area contributed by atoms with Gasteiger partial charge in [-0.3, -0.25) is 18.8 Å². The van der Waals surface area contributed by atoms with Crippen molar-refractivity contribution in [3.05, 3.63) is 70.8 Å². The number of nitrogens with one attached hydrogen (secondary N) is 2. The summed E-state index contributed by atoms with van der Waals surface area (Å²) in [5, 5.41) is 17.7. The van der Waals surface area contributed by atoms with E-state index in [4.69, 9.17) is 4.74 Å². The Morgan fingerprint density at radius 1 is 1.27 bits per heavy atom. The number of fused-ring (bicyclic) bond motifs is 1. The predicted octanol–water partition coefficient (Wildman–Crippen LogP) is 2.92. The number of ether oxygens (including phenoxy) is 1. The van der Waals surface area contributed by atoms with Crippen LogP contribution >= 0.6 is 0 Å². The van der Waals surface area contributed by atoms with Crippen molar-refractivity contribution >= 4 is 26.8 Å². The van der Waals surface area contributed by atoms with E-state index in [0.29, 0.717) is 11.2 Å². The van der Waals surface area contributed by atoms with Crippen molar-refractivity contribution < 1.29 is 17.5 Å². The molecule has 1 fully saturated rings. The summed E-state index contributed by atoms with van der Waals surface area (Å²) in [7, 11) is -2.61. The normalized spacial score (nSPS) is 14.4. The molecule has 1 aliphatic rings. The summed E-state index contributed by atoms with van der Waals surface area (Å²) in [6.45, 7) is 3.63. The van der Waals surface area contributed by atoms with Crippen LogP contribution in [-0.2, 0) is 10.2 Å². The highest BCUT2D eigenvalue weighted by Crippen LogP contribution is 2.34. The van der Waals surface area contributed by atoms with Crippen LogP contribution in [0.5, 0.6) is 11.5 Å². The Balaban J connectivity index is 1.49. The van der Waals surface area contributed by atoms with Gasteiger partial charge in [0.05, 0.1) is 34.5 Å². The molecule has 0 saturated carbocycles. The summed E-state index contributed by atoms with van der Waals surface area (Å²) in [5.74, 6) is -1.29. The smallest absolute Gasteiger partial charge is 0.301 e. The molecular weight excluding hydrogens is 539 g/mol.